The molecule has 1 aromatic rings. The minimum Gasteiger partial charge on any atom is -0.298 e. The fourth-order valence-electron chi connectivity index (χ4n) is 1.54. The Kier molecular flexibility index (Phi) is 5.12. The van der Waals surface area contributed by atoms with Crippen molar-refractivity contribution in [2.75, 3.05) is 0 Å². The fourth-order valence-corrected chi connectivity index (χ4v) is 3.11. The molecule has 0 fully saturated rings. The third-order valence-corrected chi connectivity index (χ3v) is 4.08. The Balaban J connectivity index is 2.86. The molecular weight excluding hydrogens is 358 g/mol. The SMILES string of the molecule is CC(C)(C)C(=O)C(Br)Cc1ccc(C#N)cc1Br. The molecule has 0 aromatic heterocycles. The Labute approximate surface area is 125 Å². The predicted molar refractivity (Wildman–Crippen MR) is 79.7 cm³/mol. The van der Waals surface area contributed by atoms with Crippen LogP contribution in [-0.4, -0.2) is 10.6 Å². The van der Waals surface area contributed by atoms with E-state index in [4.69, 9.17) is 5.26 Å². The molecular formula is C14H15Br2NO. The van der Waals surface area contributed by atoms with E-state index in [9.17, 15) is 4.79 Å². The van der Waals surface area contributed by atoms with Crippen molar-refractivity contribution >= 4 is 37.6 Å². The molecule has 18 heavy (non-hydrogen) atoms. The van der Waals surface area contributed by atoms with Crippen LogP contribution in [-0.2, 0) is 11.2 Å². The number of carbonyl (C=O) groups excluding carboxylic acids is 1. The van der Waals surface area contributed by atoms with Gasteiger partial charge in [0.25, 0.3) is 0 Å². The molecule has 0 aliphatic carbocycles. The highest BCUT2D eigenvalue weighted by Crippen LogP contribution is 2.26. The number of nitriles is 1. The molecule has 0 heterocycles. The van der Waals surface area contributed by atoms with E-state index in [1.807, 2.05) is 26.8 Å². The summed E-state index contributed by atoms with van der Waals surface area (Å²) in [5.74, 6) is 0.179. The molecule has 0 aliphatic rings. The third-order valence-electron chi connectivity index (χ3n) is 2.60. The van der Waals surface area contributed by atoms with Gasteiger partial charge in [0.2, 0.25) is 0 Å². The van der Waals surface area contributed by atoms with Crippen molar-refractivity contribution in [3.05, 3.63) is 33.8 Å². The standard InChI is InChI=1S/C14H15Br2NO/c1-14(2,3)13(18)12(16)7-10-5-4-9(8-17)6-11(10)15/h4-6,12H,7H2,1-3H3. The van der Waals surface area contributed by atoms with Crippen LogP contribution in [0.5, 0.6) is 0 Å². The van der Waals surface area contributed by atoms with Crippen molar-refractivity contribution in [1.29, 1.82) is 5.26 Å². The minimum absolute atomic E-state index is 0.179. The van der Waals surface area contributed by atoms with Gasteiger partial charge < -0.3 is 0 Å². The van der Waals surface area contributed by atoms with Crippen LogP contribution in [0.15, 0.2) is 22.7 Å². The topological polar surface area (TPSA) is 40.9 Å². The van der Waals surface area contributed by atoms with Gasteiger partial charge in [0.15, 0.2) is 5.78 Å². The van der Waals surface area contributed by atoms with E-state index in [1.54, 1.807) is 12.1 Å². The van der Waals surface area contributed by atoms with Gasteiger partial charge in [-0.25, -0.2) is 0 Å². The van der Waals surface area contributed by atoms with E-state index in [0.29, 0.717) is 12.0 Å². The zero-order valence-electron chi connectivity index (χ0n) is 10.6. The summed E-state index contributed by atoms with van der Waals surface area (Å²) in [4.78, 5) is 11.9. The lowest BCUT2D eigenvalue weighted by Crippen LogP contribution is -2.30. The number of hydrogen-bond acceptors (Lipinski definition) is 2. The number of halogens is 2. The maximum absolute atomic E-state index is 12.1. The van der Waals surface area contributed by atoms with Crippen LogP contribution in [0, 0.1) is 16.7 Å². The van der Waals surface area contributed by atoms with Gasteiger partial charge in [-0.3, -0.25) is 4.79 Å². The first-order valence-corrected chi connectivity index (χ1v) is 7.33. The number of Topliss-reactive ketones (excluding diaryl/α,β-unsaturated/α-hetero) is 1. The molecule has 0 radical (unpaired) electrons. The summed E-state index contributed by atoms with van der Waals surface area (Å²) >= 11 is 6.88. The molecule has 0 saturated heterocycles. The Bertz CT molecular complexity index is 497. The number of hydrogen-bond donors (Lipinski definition) is 0. The largest absolute Gasteiger partial charge is 0.298 e. The van der Waals surface area contributed by atoms with Crippen molar-refractivity contribution in [2.45, 2.75) is 32.0 Å². The Morgan fingerprint density at radius 1 is 1.44 bits per heavy atom. The zero-order valence-corrected chi connectivity index (χ0v) is 13.8. The maximum atomic E-state index is 12.1. The van der Waals surface area contributed by atoms with Gasteiger partial charge in [0.05, 0.1) is 16.5 Å². The molecule has 0 bridgehead atoms. The molecule has 0 amide bonds. The lowest BCUT2D eigenvalue weighted by Gasteiger charge is -2.21. The van der Waals surface area contributed by atoms with Crippen molar-refractivity contribution in [1.82, 2.24) is 0 Å². The van der Waals surface area contributed by atoms with Crippen LogP contribution in [0.4, 0.5) is 0 Å². The quantitative estimate of drug-likeness (QED) is 0.744. The van der Waals surface area contributed by atoms with E-state index in [1.165, 1.54) is 0 Å². The lowest BCUT2D eigenvalue weighted by atomic mass is 9.87. The highest BCUT2D eigenvalue weighted by Gasteiger charge is 2.28. The van der Waals surface area contributed by atoms with Crippen molar-refractivity contribution < 1.29 is 4.79 Å². The van der Waals surface area contributed by atoms with Crippen LogP contribution in [0.25, 0.3) is 0 Å². The summed E-state index contributed by atoms with van der Waals surface area (Å²) in [6.07, 6.45) is 0.613. The number of nitrogens with zero attached hydrogens (tertiary/aromatic N) is 1. The molecule has 1 atom stereocenters. The lowest BCUT2D eigenvalue weighted by molar-refractivity contribution is -0.125. The van der Waals surface area contributed by atoms with Gasteiger partial charge in [-0.2, -0.15) is 5.26 Å². The van der Waals surface area contributed by atoms with Gasteiger partial charge in [-0.1, -0.05) is 58.7 Å². The molecule has 1 rings (SSSR count). The average Bonchev–Trinajstić information content (AvgIpc) is 2.29. The van der Waals surface area contributed by atoms with Crippen LogP contribution in [0.1, 0.15) is 31.9 Å². The van der Waals surface area contributed by atoms with E-state index in [0.717, 1.165) is 10.0 Å². The van der Waals surface area contributed by atoms with E-state index in [2.05, 4.69) is 37.9 Å². The summed E-state index contributed by atoms with van der Waals surface area (Å²) in [5.41, 5.74) is 1.28. The first kappa shape index (κ1) is 15.4. The maximum Gasteiger partial charge on any atom is 0.152 e. The number of alkyl halides is 1. The molecule has 2 nitrogen and oxygen atoms in total. The van der Waals surface area contributed by atoms with E-state index in [-0.39, 0.29) is 16.0 Å². The van der Waals surface area contributed by atoms with Gasteiger partial charge in [-0.15, -0.1) is 0 Å². The molecule has 0 spiro atoms. The molecule has 0 aliphatic heterocycles. The third kappa shape index (κ3) is 3.93. The van der Waals surface area contributed by atoms with Crippen LogP contribution < -0.4 is 0 Å². The smallest absolute Gasteiger partial charge is 0.152 e. The Hall–Kier alpha value is -0.660. The zero-order chi connectivity index (χ0) is 13.9. The van der Waals surface area contributed by atoms with Gasteiger partial charge in [0, 0.05) is 9.89 Å². The van der Waals surface area contributed by atoms with Crippen LogP contribution in [0.3, 0.4) is 0 Å². The molecule has 4 heteroatoms. The second kappa shape index (κ2) is 5.99. The number of benzene rings is 1. The van der Waals surface area contributed by atoms with Crippen molar-refractivity contribution in [3.8, 4) is 6.07 Å². The molecule has 1 aromatic carbocycles. The normalized spacial score (nSPS) is 12.9. The van der Waals surface area contributed by atoms with Gasteiger partial charge in [0.1, 0.15) is 0 Å². The summed E-state index contributed by atoms with van der Waals surface area (Å²) in [6, 6.07) is 7.51. The highest BCUT2D eigenvalue weighted by atomic mass is 79.9. The molecule has 1 unspecified atom stereocenters. The molecule has 0 saturated carbocycles. The number of ketones is 1. The minimum atomic E-state index is -0.354. The summed E-state index contributed by atoms with van der Waals surface area (Å²) < 4.78 is 0.868. The summed E-state index contributed by atoms with van der Waals surface area (Å²) in [5, 5.41) is 8.80. The fraction of sp³-hybridized carbons (Fsp3) is 0.429. The number of carbonyl (C=O) groups is 1. The Morgan fingerprint density at radius 3 is 2.50 bits per heavy atom. The predicted octanol–water partition coefficient (Wildman–Crippen LogP) is 4.24. The van der Waals surface area contributed by atoms with Crippen molar-refractivity contribution in [2.24, 2.45) is 5.41 Å². The average molecular weight is 373 g/mol. The van der Waals surface area contributed by atoms with Crippen molar-refractivity contribution in [3.63, 3.8) is 0 Å². The second-order valence-corrected chi connectivity index (χ2v) is 7.16. The van der Waals surface area contributed by atoms with Crippen LogP contribution >= 0.6 is 31.9 Å². The summed E-state index contributed by atoms with van der Waals surface area (Å²) in [6.45, 7) is 5.74. The Morgan fingerprint density at radius 2 is 2.06 bits per heavy atom. The van der Waals surface area contributed by atoms with Crippen LogP contribution in [0.2, 0.25) is 0 Å². The second-order valence-electron chi connectivity index (χ2n) is 5.20. The monoisotopic (exact) mass is 371 g/mol. The first-order valence-electron chi connectivity index (χ1n) is 5.62. The molecule has 0 N–H and O–H groups in total. The highest BCUT2D eigenvalue weighted by molar-refractivity contribution is 9.10. The summed E-state index contributed by atoms with van der Waals surface area (Å²) in [7, 11) is 0. The van der Waals surface area contributed by atoms with E-state index < -0.39 is 0 Å². The van der Waals surface area contributed by atoms with Gasteiger partial charge >= 0.3 is 0 Å². The molecule has 96 valence electrons. The van der Waals surface area contributed by atoms with E-state index >= 15 is 0 Å². The van der Waals surface area contributed by atoms with Gasteiger partial charge in [-0.05, 0) is 24.1 Å². The number of rotatable bonds is 3. The first-order chi connectivity index (χ1) is 8.25.